The van der Waals surface area contributed by atoms with Gasteiger partial charge in [-0.3, -0.25) is 9.59 Å². The molecule has 1 aromatic carbocycles. The number of hydrogen-bond donors (Lipinski definition) is 1. The number of benzene rings is 1. The van der Waals surface area contributed by atoms with Crippen LogP contribution in [0.1, 0.15) is 33.9 Å². The van der Waals surface area contributed by atoms with E-state index in [-0.39, 0.29) is 11.5 Å². The van der Waals surface area contributed by atoms with Crippen molar-refractivity contribution < 1.29 is 19.1 Å². The quantitative estimate of drug-likeness (QED) is 0.795. The van der Waals surface area contributed by atoms with Crippen LogP contribution in [0.3, 0.4) is 0 Å². The first-order valence-corrected chi connectivity index (χ1v) is 8.18. The number of Topliss-reactive ketones (excluding diaryl/α,β-unsaturated/α-hetero) is 1. The number of nitriles is 1. The average Bonchev–Trinajstić information content (AvgIpc) is 2.99. The Bertz CT molecular complexity index is 854. The van der Waals surface area contributed by atoms with Gasteiger partial charge in [0.15, 0.2) is 18.3 Å². The van der Waals surface area contributed by atoms with Gasteiger partial charge in [-0.05, 0) is 25.1 Å². The van der Waals surface area contributed by atoms with Crippen LogP contribution >= 0.6 is 11.3 Å². The lowest BCUT2D eigenvalue weighted by Gasteiger charge is -2.08. The van der Waals surface area contributed by atoms with Gasteiger partial charge in [0.05, 0.1) is 11.6 Å². The van der Waals surface area contributed by atoms with Crippen molar-refractivity contribution in [1.82, 2.24) is 4.98 Å². The summed E-state index contributed by atoms with van der Waals surface area (Å²) < 4.78 is 4.99. The predicted molar refractivity (Wildman–Crippen MR) is 91.2 cm³/mol. The van der Waals surface area contributed by atoms with Gasteiger partial charge >= 0.3 is 5.97 Å². The molecule has 0 bridgehead atoms. The minimum Gasteiger partial charge on any atom is -0.454 e. The van der Waals surface area contributed by atoms with Gasteiger partial charge in [0, 0.05) is 23.7 Å². The smallest absolute Gasteiger partial charge is 0.338 e. The first-order valence-electron chi connectivity index (χ1n) is 7.30. The van der Waals surface area contributed by atoms with Crippen molar-refractivity contribution in [2.75, 3.05) is 11.9 Å². The summed E-state index contributed by atoms with van der Waals surface area (Å²) in [5.74, 6) is -2.58. The molecular formula is C17H15N3O4S. The first kappa shape index (κ1) is 18.3. The lowest BCUT2D eigenvalue weighted by atomic mass is 10.1. The monoisotopic (exact) mass is 357 g/mol. The Morgan fingerprint density at radius 1 is 1.40 bits per heavy atom. The third-order valence-electron chi connectivity index (χ3n) is 3.10. The molecule has 128 valence electrons. The van der Waals surface area contributed by atoms with Crippen molar-refractivity contribution in [3.63, 3.8) is 0 Å². The lowest BCUT2D eigenvalue weighted by Crippen LogP contribution is -2.20. The molecule has 0 radical (unpaired) electrons. The maximum atomic E-state index is 12.1. The Morgan fingerprint density at radius 2 is 2.16 bits per heavy atom. The van der Waals surface area contributed by atoms with Crippen molar-refractivity contribution >= 4 is 34.7 Å². The predicted octanol–water partition coefficient (Wildman–Crippen LogP) is 2.44. The van der Waals surface area contributed by atoms with E-state index >= 15 is 0 Å². The Hall–Kier alpha value is -3.05. The van der Waals surface area contributed by atoms with E-state index in [1.54, 1.807) is 24.4 Å². The summed E-state index contributed by atoms with van der Waals surface area (Å²) in [5, 5.41) is 13.9. The number of ketones is 1. The first-order chi connectivity index (χ1) is 11.9. The number of nitrogens with one attached hydrogen (secondary N) is 1. The van der Waals surface area contributed by atoms with E-state index in [1.165, 1.54) is 30.4 Å². The number of aromatic nitrogens is 1. The van der Waals surface area contributed by atoms with Crippen LogP contribution in [0, 0.1) is 18.3 Å². The summed E-state index contributed by atoms with van der Waals surface area (Å²) >= 11 is 1.21. The van der Waals surface area contributed by atoms with Gasteiger partial charge in [-0.2, -0.15) is 5.26 Å². The molecule has 7 nitrogen and oxygen atoms in total. The molecule has 0 aliphatic rings. The second kappa shape index (κ2) is 8.17. The van der Waals surface area contributed by atoms with Crippen molar-refractivity contribution in [3.8, 4) is 6.07 Å². The molecule has 0 fully saturated rings. The Labute approximate surface area is 148 Å². The molecule has 1 atom stereocenters. The van der Waals surface area contributed by atoms with E-state index in [9.17, 15) is 19.6 Å². The lowest BCUT2D eigenvalue weighted by molar-refractivity contribution is -0.122. The summed E-state index contributed by atoms with van der Waals surface area (Å²) in [6, 6.07) is 8.04. The van der Waals surface area contributed by atoms with Crippen molar-refractivity contribution in [2.24, 2.45) is 0 Å². The highest BCUT2D eigenvalue weighted by Gasteiger charge is 2.24. The minimum atomic E-state index is -1.06. The largest absolute Gasteiger partial charge is 0.454 e. The molecule has 0 aliphatic carbocycles. The summed E-state index contributed by atoms with van der Waals surface area (Å²) in [6.45, 7) is 2.59. The molecule has 0 aliphatic heterocycles. The van der Waals surface area contributed by atoms with Crippen LogP contribution in [0.4, 0.5) is 5.69 Å². The van der Waals surface area contributed by atoms with Gasteiger partial charge in [-0.25, -0.2) is 9.78 Å². The third-order valence-corrected chi connectivity index (χ3v) is 4.13. The molecule has 2 rings (SSSR count). The van der Waals surface area contributed by atoms with E-state index < -0.39 is 24.3 Å². The van der Waals surface area contributed by atoms with Gasteiger partial charge in [-0.1, -0.05) is 6.07 Å². The Morgan fingerprint density at radius 3 is 2.76 bits per heavy atom. The maximum Gasteiger partial charge on any atom is 0.338 e. The van der Waals surface area contributed by atoms with Crippen LogP contribution in [0.15, 0.2) is 29.6 Å². The average molecular weight is 357 g/mol. The zero-order chi connectivity index (χ0) is 18.4. The molecule has 1 amide bonds. The third kappa shape index (κ3) is 4.96. The number of aryl methyl sites for hydroxylation is 1. The van der Waals surface area contributed by atoms with Crippen molar-refractivity contribution in [3.05, 3.63) is 45.9 Å². The fourth-order valence-corrected chi connectivity index (χ4v) is 2.86. The van der Waals surface area contributed by atoms with Crippen LogP contribution < -0.4 is 5.32 Å². The van der Waals surface area contributed by atoms with Crippen LogP contribution in [0.25, 0.3) is 0 Å². The van der Waals surface area contributed by atoms with E-state index in [0.29, 0.717) is 10.7 Å². The van der Waals surface area contributed by atoms with Crippen molar-refractivity contribution in [1.29, 1.82) is 5.26 Å². The normalized spacial score (nSPS) is 11.2. The van der Waals surface area contributed by atoms with Crippen LogP contribution in [-0.4, -0.2) is 29.3 Å². The number of thiazole rings is 1. The zero-order valence-electron chi connectivity index (χ0n) is 13.6. The SMILES string of the molecule is CC(=O)Nc1cccc(C(=O)OCC(=O)[C@@H](C#N)c2nc(C)cs2)c1. The summed E-state index contributed by atoms with van der Waals surface area (Å²) in [6.07, 6.45) is 0. The topological polar surface area (TPSA) is 109 Å². The van der Waals surface area contributed by atoms with Crippen LogP contribution in [0.2, 0.25) is 0 Å². The van der Waals surface area contributed by atoms with Crippen LogP contribution in [0.5, 0.6) is 0 Å². The van der Waals surface area contributed by atoms with Gasteiger partial charge in [0.2, 0.25) is 5.91 Å². The fourth-order valence-electron chi connectivity index (χ4n) is 2.00. The second-order valence-corrected chi connectivity index (χ2v) is 6.08. The number of esters is 1. The standard InChI is InChI=1S/C17H15N3O4S/c1-10-9-25-16(19-10)14(7-18)15(22)8-24-17(23)12-4-3-5-13(6-12)20-11(2)21/h3-6,9,14H,8H2,1-2H3,(H,20,21)/t14-/m1/s1. The summed E-state index contributed by atoms with van der Waals surface area (Å²) in [5.41, 5.74) is 1.36. The Balaban J connectivity index is 2.00. The number of rotatable bonds is 6. The molecule has 25 heavy (non-hydrogen) atoms. The molecule has 0 unspecified atom stereocenters. The number of hydrogen-bond acceptors (Lipinski definition) is 7. The number of ether oxygens (including phenoxy) is 1. The van der Waals surface area contributed by atoms with E-state index in [0.717, 1.165) is 5.69 Å². The highest BCUT2D eigenvalue weighted by Crippen LogP contribution is 2.21. The van der Waals surface area contributed by atoms with Gasteiger partial charge in [0.1, 0.15) is 5.01 Å². The van der Waals surface area contributed by atoms with E-state index in [1.807, 2.05) is 6.07 Å². The van der Waals surface area contributed by atoms with E-state index in [2.05, 4.69) is 10.3 Å². The molecule has 1 N–H and O–H groups in total. The highest BCUT2D eigenvalue weighted by atomic mass is 32.1. The number of nitrogens with zero attached hydrogens (tertiary/aromatic N) is 2. The molecule has 0 saturated heterocycles. The van der Waals surface area contributed by atoms with Crippen LogP contribution in [-0.2, 0) is 14.3 Å². The molecule has 1 aromatic heterocycles. The summed E-state index contributed by atoms with van der Waals surface area (Å²) in [7, 11) is 0. The summed E-state index contributed by atoms with van der Waals surface area (Å²) in [4.78, 5) is 39.4. The fraction of sp³-hybridized carbons (Fsp3) is 0.235. The molecule has 1 heterocycles. The zero-order valence-corrected chi connectivity index (χ0v) is 14.4. The van der Waals surface area contributed by atoms with Gasteiger partial charge in [0.25, 0.3) is 0 Å². The highest BCUT2D eigenvalue weighted by molar-refractivity contribution is 7.09. The minimum absolute atomic E-state index is 0.192. The number of amides is 1. The molecule has 0 spiro atoms. The molecule has 2 aromatic rings. The molecular weight excluding hydrogens is 342 g/mol. The second-order valence-electron chi connectivity index (χ2n) is 5.19. The van der Waals surface area contributed by atoms with Crippen molar-refractivity contribution in [2.45, 2.75) is 19.8 Å². The molecule has 8 heteroatoms. The van der Waals surface area contributed by atoms with Gasteiger partial charge in [-0.15, -0.1) is 11.3 Å². The Kier molecular flexibility index (Phi) is 5.98. The number of anilines is 1. The maximum absolute atomic E-state index is 12.1. The number of carbonyl (C=O) groups excluding carboxylic acids is 3. The molecule has 0 saturated carbocycles. The van der Waals surface area contributed by atoms with E-state index in [4.69, 9.17) is 4.74 Å². The van der Waals surface area contributed by atoms with Gasteiger partial charge < -0.3 is 10.1 Å². The number of carbonyl (C=O) groups is 3.